The molecule has 1 aromatic carbocycles. The minimum absolute atomic E-state index is 0.0340. The molecule has 112 valence electrons. The summed E-state index contributed by atoms with van der Waals surface area (Å²) in [5.41, 5.74) is 1.03. The minimum Gasteiger partial charge on any atom is -0.422 e. The lowest BCUT2D eigenvalue weighted by Gasteiger charge is -2.04. The third kappa shape index (κ3) is 2.93. The van der Waals surface area contributed by atoms with Gasteiger partial charge in [-0.15, -0.1) is 0 Å². The molecule has 0 aliphatic rings. The first-order valence-corrected chi connectivity index (χ1v) is 7.05. The van der Waals surface area contributed by atoms with E-state index in [0.29, 0.717) is 18.5 Å². The summed E-state index contributed by atoms with van der Waals surface area (Å²) in [6, 6.07) is 10.7. The monoisotopic (exact) mass is 296 g/mol. The van der Waals surface area contributed by atoms with Gasteiger partial charge in [0.1, 0.15) is 11.1 Å². The summed E-state index contributed by atoms with van der Waals surface area (Å²) in [7, 11) is 1.95. The maximum absolute atomic E-state index is 12.1. The molecule has 0 bridgehead atoms. The molecule has 0 atom stereocenters. The summed E-state index contributed by atoms with van der Waals surface area (Å²) in [6.45, 7) is 0.467. The molecule has 2 heterocycles. The van der Waals surface area contributed by atoms with Gasteiger partial charge >= 0.3 is 5.63 Å². The molecule has 0 saturated heterocycles. The van der Waals surface area contributed by atoms with Gasteiger partial charge in [-0.2, -0.15) is 0 Å². The maximum Gasteiger partial charge on any atom is 0.349 e. The summed E-state index contributed by atoms with van der Waals surface area (Å²) < 4.78 is 7.12. The van der Waals surface area contributed by atoms with Crippen molar-refractivity contribution in [1.29, 1.82) is 0 Å². The molecule has 3 rings (SSSR count). The van der Waals surface area contributed by atoms with E-state index in [1.165, 1.54) is 0 Å². The van der Waals surface area contributed by atoms with Gasteiger partial charge in [-0.05, 0) is 30.2 Å². The van der Waals surface area contributed by atoms with Crippen LogP contribution in [0.5, 0.6) is 0 Å². The van der Waals surface area contributed by atoms with Gasteiger partial charge in [0.2, 0.25) is 0 Å². The van der Waals surface area contributed by atoms with E-state index < -0.39 is 11.5 Å². The van der Waals surface area contributed by atoms with E-state index in [4.69, 9.17) is 4.42 Å². The lowest BCUT2D eigenvalue weighted by atomic mass is 10.1. The summed E-state index contributed by atoms with van der Waals surface area (Å²) in [4.78, 5) is 24.0. The highest BCUT2D eigenvalue weighted by Gasteiger charge is 2.13. The first kappa shape index (κ1) is 14.1. The van der Waals surface area contributed by atoms with Crippen LogP contribution < -0.4 is 10.9 Å². The van der Waals surface area contributed by atoms with Crippen molar-refractivity contribution < 1.29 is 9.21 Å². The fraction of sp³-hybridized carbons (Fsp3) is 0.176. The fourth-order valence-corrected chi connectivity index (χ4v) is 2.34. The van der Waals surface area contributed by atoms with E-state index in [0.717, 1.165) is 10.9 Å². The quantitative estimate of drug-likeness (QED) is 0.750. The Morgan fingerprint density at radius 1 is 1.27 bits per heavy atom. The van der Waals surface area contributed by atoms with E-state index in [1.54, 1.807) is 24.3 Å². The normalized spacial score (nSPS) is 10.8. The number of para-hydroxylation sites is 1. The number of hydrogen-bond acceptors (Lipinski definition) is 3. The molecule has 0 aliphatic carbocycles. The molecule has 0 fully saturated rings. The van der Waals surface area contributed by atoms with Crippen molar-refractivity contribution in [3.05, 3.63) is 70.3 Å². The van der Waals surface area contributed by atoms with Crippen LogP contribution >= 0.6 is 0 Å². The number of fused-ring (bicyclic) bond motifs is 1. The Kier molecular flexibility index (Phi) is 3.78. The molecule has 5 heteroatoms. The van der Waals surface area contributed by atoms with Gasteiger partial charge in [0.25, 0.3) is 5.91 Å². The second-order valence-corrected chi connectivity index (χ2v) is 5.18. The number of aromatic nitrogens is 1. The molecule has 0 unspecified atom stereocenters. The topological polar surface area (TPSA) is 64.2 Å². The summed E-state index contributed by atoms with van der Waals surface area (Å²) >= 11 is 0. The molecule has 0 aliphatic heterocycles. The second-order valence-electron chi connectivity index (χ2n) is 5.18. The standard InChI is InChI=1S/C17H16N2O3/c1-19-9-7-12(11-19)6-8-18-16(20)14-10-13-4-2-3-5-15(13)22-17(14)21/h2-5,7,9-11H,6,8H2,1H3,(H,18,20). The van der Waals surface area contributed by atoms with Crippen LogP contribution in [-0.2, 0) is 13.5 Å². The zero-order valence-corrected chi connectivity index (χ0v) is 12.2. The van der Waals surface area contributed by atoms with Crippen LogP contribution in [-0.4, -0.2) is 17.0 Å². The van der Waals surface area contributed by atoms with Crippen molar-refractivity contribution in [2.75, 3.05) is 6.54 Å². The van der Waals surface area contributed by atoms with Gasteiger partial charge in [0.15, 0.2) is 0 Å². The van der Waals surface area contributed by atoms with Gasteiger partial charge in [-0.1, -0.05) is 18.2 Å². The number of benzene rings is 1. The second kappa shape index (κ2) is 5.89. The Morgan fingerprint density at radius 3 is 2.86 bits per heavy atom. The van der Waals surface area contributed by atoms with E-state index in [9.17, 15) is 9.59 Å². The van der Waals surface area contributed by atoms with E-state index in [1.807, 2.05) is 36.1 Å². The average molecular weight is 296 g/mol. The van der Waals surface area contributed by atoms with E-state index in [-0.39, 0.29) is 5.56 Å². The molecular weight excluding hydrogens is 280 g/mol. The van der Waals surface area contributed by atoms with Crippen molar-refractivity contribution in [3.63, 3.8) is 0 Å². The van der Waals surface area contributed by atoms with Crippen molar-refractivity contribution in [2.45, 2.75) is 6.42 Å². The molecule has 3 aromatic rings. The van der Waals surface area contributed by atoms with Crippen molar-refractivity contribution in [3.8, 4) is 0 Å². The summed E-state index contributed by atoms with van der Waals surface area (Å²) in [5, 5.41) is 3.49. The number of rotatable bonds is 4. The molecule has 0 radical (unpaired) electrons. The van der Waals surface area contributed by atoms with Crippen LogP contribution in [0.3, 0.4) is 0 Å². The highest BCUT2D eigenvalue weighted by Crippen LogP contribution is 2.12. The van der Waals surface area contributed by atoms with Crippen LogP contribution in [0.4, 0.5) is 0 Å². The first-order chi connectivity index (χ1) is 10.6. The largest absolute Gasteiger partial charge is 0.422 e. The van der Waals surface area contributed by atoms with Gasteiger partial charge in [0, 0.05) is 31.4 Å². The molecule has 1 N–H and O–H groups in total. The zero-order valence-electron chi connectivity index (χ0n) is 12.2. The van der Waals surface area contributed by atoms with Crippen molar-refractivity contribution >= 4 is 16.9 Å². The van der Waals surface area contributed by atoms with Crippen LogP contribution in [0.25, 0.3) is 11.0 Å². The third-order valence-corrected chi connectivity index (χ3v) is 3.48. The molecule has 5 nitrogen and oxygen atoms in total. The molecule has 1 amide bonds. The molecule has 22 heavy (non-hydrogen) atoms. The SMILES string of the molecule is Cn1ccc(CCNC(=O)c2cc3ccccc3oc2=O)c1. The van der Waals surface area contributed by atoms with E-state index in [2.05, 4.69) is 5.32 Å². The third-order valence-electron chi connectivity index (χ3n) is 3.48. The smallest absolute Gasteiger partial charge is 0.349 e. The van der Waals surface area contributed by atoms with Crippen LogP contribution in [0.1, 0.15) is 15.9 Å². The highest BCUT2D eigenvalue weighted by atomic mass is 16.4. The molecular formula is C17H16N2O3. The van der Waals surface area contributed by atoms with Crippen LogP contribution in [0.2, 0.25) is 0 Å². The van der Waals surface area contributed by atoms with Crippen LogP contribution in [0.15, 0.2) is 58.0 Å². The number of carbonyl (C=O) groups excluding carboxylic acids is 1. The lowest BCUT2D eigenvalue weighted by Crippen LogP contribution is -2.29. The first-order valence-electron chi connectivity index (χ1n) is 7.05. The van der Waals surface area contributed by atoms with Gasteiger partial charge in [-0.3, -0.25) is 4.79 Å². The Balaban J connectivity index is 1.72. The summed E-state index contributed by atoms with van der Waals surface area (Å²) in [6.07, 6.45) is 4.66. The van der Waals surface area contributed by atoms with Gasteiger partial charge < -0.3 is 14.3 Å². The lowest BCUT2D eigenvalue weighted by molar-refractivity contribution is 0.0950. The number of nitrogens with zero attached hydrogens (tertiary/aromatic N) is 1. The Morgan fingerprint density at radius 2 is 2.09 bits per heavy atom. The maximum atomic E-state index is 12.1. The Hall–Kier alpha value is -2.82. The molecule has 0 saturated carbocycles. The number of amides is 1. The molecule has 0 spiro atoms. The fourth-order valence-electron chi connectivity index (χ4n) is 2.34. The van der Waals surface area contributed by atoms with Crippen molar-refractivity contribution in [2.24, 2.45) is 7.05 Å². The highest BCUT2D eigenvalue weighted by molar-refractivity contribution is 5.96. The minimum atomic E-state index is -0.615. The molecule has 2 aromatic heterocycles. The number of aryl methyl sites for hydroxylation is 1. The number of carbonyl (C=O) groups is 1. The van der Waals surface area contributed by atoms with E-state index >= 15 is 0 Å². The predicted octanol–water partition coefficient (Wildman–Crippen LogP) is 2.10. The summed E-state index contributed by atoms with van der Waals surface area (Å²) in [5.74, 6) is -0.407. The van der Waals surface area contributed by atoms with Gasteiger partial charge in [0.05, 0.1) is 0 Å². The van der Waals surface area contributed by atoms with Gasteiger partial charge in [-0.25, -0.2) is 4.79 Å². The Labute approximate surface area is 127 Å². The number of hydrogen-bond donors (Lipinski definition) is 1. The predicted molar refractivity (Wildman–Crippen MR) is 83.9 cm³/mol. The zero-order chi connectivity index (χ0) is 15.5. The van der Waals surface area contributed by atoms with Crippen LogP contribution in [0, 0.1) is 0 Å². The number of nitrogens with one attached hydrogen (secondary N) is 1. The van der Waals surface area contributed by atoms with Crippen molar-refractivity contribution in [1.82, 2.24) is 9.88 Å². The Bertz CT molecular complexity index is 877. The average Bonchev–Trinajstić information content (AvgIpc) is 2.92.